The molecule has 2 unspecified atom stereocenters. The first kappa shape index (κ1) is 11.5. The minimum atomic E-state index is 0.580. The van der Waals surface area contributed by atoms with Crippen molar-refractivity contribution in [3.8, 4) is 0 Å². The number of anilines is 1. The number of benzene rings is 1. The van der Waals surface area contributed by atoms with Gasteiger partial charge in [0.05, 0.1) is 0 Å². The van der Waals surface area contributed by atoms with Crippen LogP contribution in [0.3, 0.4) is 0 Å². The Morgan fingerprint density at radius 1 is 1.25 bits per heavy atom. The summed E-state index contributed by atoms with van der Waals surface area (Å²) in [7, 11) is 0. The summed E-state index contributed by atoms with van der Waals surface area (Å²) in [5.41, 5.74) is 4.13. The van der Waals surface area contributed by atoms with Crippen molar-refractivity contribution in [1.82, 2.24) is 5.32 Å². The Labute approximate surface area is 98.7 Å². The van der Waals surface area contributed by atoms with E-state index in [0.29, 0.717) is 12.1 Å². The lowest BCUT2D eigenvalue weighted by atomic mass is 10.1. The molecule has 16 heavy (non-hydrogen) atoms. The van der Waals surface area contributed by atoms with Crippen molar-refractivity contribution in [2.24, 2.45) is 0 Å². The lowest BCUT2D eigenvalue weighted by Crippen LogP contribution is -2.54. The number of nitrogens with zero attached hydrogens (tertiary/aromatic N) is 1. The van der Waals surface area contributed by atoms with Crippen LogP contribution in [0.4, 0.5) is 5.69 Å². The SMILES string of the molecule is Cc1ccc(N2CC(C)NCC2C)c(C)c1. The Morgan fingerprint density at radius 3 is 2.69 bits per heavy atom. The first-order chi connectivity index (χ1) is 7.58. The molecule has 0 bridgehead atoms. The summed E-state index contributed by atoms with van der Waals surface area (Å²) in [4.78, 5) is 2.52. The molecular weight excluding hydrogens is 196 g/mol. The van der Waals surface area contributed by atoms with Crippen LogP contribution in [0.25, 0.3) is 0 Å². The van der Waals surface area contributed by atoms with Crippen LogP contribution in [0.2, 0.25) is 0 Å². The minimum absolute atomic E-state index is 0.580. The van der Waals surface area contributed by atoms with Crippen molar-refractivity contribution in [1.29, 1.82) is 0 Å². The maximum absolute atomic E-state index is 3.52. The molecule has 88 valence electrons. The number of nitrogens with one attached hydrogen (secondary N) is 1. The predicted octanol–water partition coefficient (Wildman–Crippen LogP) is 2.49. The summed E-state index contributed by atoms with van der Waals surface area (Å²) in [6, 6.07) is 7.91. The predicted molar refractivity (Wildman–Crippen MR) is 70.2 cm³/mol. The average Bonchev–Trinajstić information content (AvgIpc) is 2.22. The van der Waals surface area contributed by atoms with Gasteiger partial charge in [0.2, 0.25) is 0 Å². The van der Waals surface area contributed by atoms with Crippen LogP contribution < -0.4 is 10.2 Å². The molecule has 2 nitrogen and oxygen atoms in total. The van der Waals surface area contributed by atoms with E-state index in [9.17, 15) is 0 Å². The molecule has 1 fully saturated rings. The van der Waals surface area contributed by atoms with Crippen molar-refractivity contribution in [3.63, 3.8) is 0 Å². The zero-order chi connectivity index (χ0) is 11.7. The van der Waals surface area contributed by atoms with E-state index in [0.717, 1.165) is 13.1 Å². The summed E-state index contributed by atoms with van der Waals surface area (Å²) >= 11 is 0. The van der Waals surface area contributed by atoms with Gasteiger partial charge in [0.15, 0.2) is 0 Å². The molecule has 1 aliphatic heterocycles. The van der Waals surface area contributed by atoms with Gasteiger partial charge in [0.25, 0.3) is 0 Å². The zero-order valence-corrected chi connectivity index (χ0v) is 10.7. The third-order valence-corrected chi connectivity index (χ3v) is 3.43. The second-order valence-corrected chi connectivity index (χ2v) is 5.10. The van der Waals surface area contributed by atoms with Gasteiger partial charge in [-0.15, -0.1) is 0 Å². The molecule has 2 atom stereocenters. The number of aryl methyl sites for hydroxylation is 2. The van der Waals surface area contributed by atoms with Crippen LogP contribution in [0.5, 0.6) is 0 Å². The molecule has 0 spiro atoms. The van der Waals surface area contributed by atoms with Gasteiger partial charge in [-0.2, -0.15) is 0 Å². The fourth-order valence-corrected chi connectivity index (χ4v) is 2.48. The first-order valence-electron chi connectivity index (χ1n) is 6.15. The van der Waals surface area contributed by atoms with E-state index in [1.807, 2.05) is 0 Å². The first-order valence-corrected chi connectivity index (χ1v) is 6.15. The monoisotopic (exact) mass is 218 g/mol. The molecular formula is C14H22N2. The van der Waals surface area contributed by atoms with Crippen molar-refractivity contribution in [2.45, 2.75) is 39.8 Å². The van der Waals surface area contributed by atoms with Crippen LogP contribution >= 0.6 is 0 Å². The highest BCUT2D eigenvalue weighted by Gasteiger charge is 2.23. The van der Waals surface area contributed by atoms with E-state index in [1.54, 1.807) is 0 Å². The molecule has 0 aliphatic carbocycles. The largest absolute Gasteiger partial charge is 0.366 e. The molecule has 0 radical (unpaired) electrons. The molecule has 2 heteroatoms. The summed E-state index contributed by atoms with van der Waals surface area (Å²) in [5.74, 6) is 0. The third-order valence-electron chi connectivity index (χ3n) is 3.43. The van der Waals surface area contributed by atoms with Crippen LogP contribution in [-0.2, 0) is 0 Å². The van der Waals surface area contributed by atoms with E-state index in [2.05, 4.69) is 56.1 Å². The Hall–Kier alpha value is -1.02. The summed E-state index contributed by atoms with van der Waals surface area (Å²) in [5, 5.41) is 3.52. The van der Waals surface area contributed by atoms with E-state index in [1.165, 1.54) is 16.8 Å². The molecule has 0 amide bonds. The van der Waals surface area contributed by atoms with Gasteiger partial charge in [-0.1, -0.05) is 17.7 Å². The minimum Gasteiger partial charge on any atom is -0.366 e. The van der Waals surface area contributed by atoms with Gasteiger partial charge in [0.1, 0.15) is 0 Å². The molecule has 1 aromatic carbocycles. The summed E-state index contributed by atoms with van der Waals surface area (Å²) in [6.07, 6.45) is 0. The average molecular weight is 218 g/mol. The maximum Gasteiger partial charge on any atom is 0.0399 e. The van der Waals surface area contributed by atoms with Gasteiger partial charge in [0, 0.05) is 30.9 Å². The standard InChI is InChI=1S/C14H22N2/c1-10-5-6-14(11(2)7-10)16-9-12(3)15-8-13(16)4/h5-7,12-13,15H,8-9H2,1-4H3. The zero-order valence-electron chi connectivity index (χ0n) is 10.7. The Morgan fingerprint density at radius 2 is 2.00 bits per heavy atom. The number of piperazine rings is 1. The van der Waals surface area contributed by atoms with Crippen molar-refractivity contribution in [2.75, 3.05) is 18.0 Å². The molecule has 0 aromatic heterocycles. The van der Waals surface area contributed by atoms with Crippen molar-refractivity contribution >= 4 is 5.69 Å². The third kappa shape index (κ3) is 2.22. The summed E-state index contributed by atoms with van der Waals surface area (Å²) in [6.45, 7) is 11.1. The normalized spacial score (nSPS) is 25.9. The summed E-state index contributed by atoms with van der Waals surface area (Å²) < 4.78 is 0. The van der Waals surface area contributed by atoms with Gasteiger partial charge in [-0.3, -0.25) is 0 Å². The smallest absolute Gasteiger partial charge is 0.0399 e. The van der Waals surface area contributed by atoms with Crippen LogP contribution in [0.1, 0.15) is 25.0 Å². The maximum atomic E-state index is 3.52. The van der Waals surface area contributed by atoms with E-state index < -0.39 is 0 Å². The highest BCUT2D eigenvalue weighted by molar-refractivity contribution is 5.55. The fourth-order valence-electron chi connectivity index (χ4n) is 2.48. The lowest BCUT2D eigenvalue weighted by Gasteiger charge is -2.40. The highest BCUT2D eigenvalue weighted by atomic mass is 15.2. The number of hydrogen-bond acceptors (Lipinski definition) is 2. The number of rotatable bonds is 1. The molecule has 1 heterocycles. The topological polar surface area (TPSA) is 15.3 Å². The van der Waals surface area contributed by atoms with Gasteiger partial charge in [-0.25, -0.2) is 0 Å². The number of hydrogen-bond donors (Lipinski definition) is 1. The fraction of sp³-hybridized carbons (Fsp3) is 0.571. The van der Waals surface area contributed by atoms with Crippen LogP contribution in [0.15, 0.2) is 18.2 Å². The second-order valence-electron chi connectivity index (χ2n) is 5.10. The second kappa shape index (κ2) is 4.46. The van der Waals surface area contributed by atoms with Crippen LogP contribution in [-0.4, -0.2) is 25.2 Å². The van der Waals surface area contributed by atoms with Gasteiger partial charge >= 0.3 is 0 Å². The van der Waals surface area contributed by atoms with Crippen molar-refractivity contribution in [3.05, 3.63) is 29.3 Å². The van der Waals surface area contributed by atoms with E-state index >= 15 is 0 Å². The Balaban J connectivity index is 2.28. The molecule has 0 saturated carbocycles. The Bertz CT molecular complexity index is 373. The molecule has 1 aromatic rings. The quantitative estimate of drug-likeness (QED) is 0.779. The van der Waals surface area contributed by atoms with Gasteiger partial charge in [-0.05, 0) is 39.3 Å². The lowest BCUT2D eigenvalue weighted by molar-refractivity contribution is 0.424. The Kier molecular flexibility index (Phi) is 3.20. The van der Waals surface area contributed by atoms with Crippen LogP contribution in [0, 0.1) is 13.8 Å². The highest BCUT2D eigenvalue weighted by Crippen LogP contribution is 2.24. The molecule has 1 saturated heterocycles. The molecule has 2 rings (SSSR count). The van der Waals surface area contributed by atoms with Crippen molar-refractivity contribution < 1.29 is 0 Å². The molecule has 1 aliphatic rings. The molecule has 1 N–H and O–H groups in total. The van der Waals surface area contributed by atoms with E-state index in [-0.39, 0.29) is 0 Å². The van der Waals surface area contributed by atoms with E-state index in [4.69, 9.17) is 0 Å². The van der Waals surface area contributed by atoms with Gasteiger partial charge < -0.3 is 10.2 Å².